The molecule has 144 valence electrons. The van der Waals surface area contributed by atoms with Gasteiger partial charge in [-0.05, 0) is 55.2 Å². The lowest BCUT2D eigenvalue weighted by atomic mass is 9.90. The van der Waals surface area contributed by atoms with Crippen molar-refractivity contribution in [2.75, 3.05) is 0 Å². The molecule has 6 nitrogen and oxygen atoms in total. The molecule has 1 aromatic carbocycles. The number of carbonyl (C=O) groups excluding carboxylic acids is 1. The number of aromatic nitrogens is 3. The zero-order valence-corrected chi connectivity index (χ0v) is 15.5. The van der Waals surface area contributed by atoms with E-state index in [9.17, 15) is 14.3 Å². The first-order valence-corrected chi connectivity index (χ1v) is 9.24. The second-order valence-electron chi connectivity index (χ2n) is 7.16. The molecule has 1 aliphatic carbocycles. The minimum atomic E-state index is -0.689. The lowest BCUT2D eigenvalue weighted by molar-refractivity contribution is 0.0551. The number of carbonyl (C=O) groups is 1. The van der Waals surface area contributed by atoms with Gasteiger partial charge in [0.25, 0.3) is 5.91 Å². The second kappa shape index (κ2) is 7.42. The van der Waals surface area contributed by atoms with Gasteiger partial charge in [-0.1, -0.05) is 0 Å². The van der Waals surface area contributed by atoms with E-state index in [1.54, 1.807) is 29.4 Å². The highest BCUT2D eigenvalue weighted by atomic mass is 19.1. The summed E-state index contributed by atoms with van der Waals surface area (Å²) in [5, 5.41) is 9.38. The van der Waals surface area contributed by atoms with Gasteiger partial charge in [0.1, 0.15) is 5.69 Å². The van der Waals surface area contributed by atoms with E-state index >= 15 is 0 Å². The Morgan fingerprint density at radius 1 is 1.29 bits per heavy atom. The minimum absolute atomic E-state index is 0.0839. The van der Waals surface area contributed by atoms with Gasteiger partial charge in [0.05, 0.1) is 12.0 Å². The third-order valence-corrected chi connectivity index (χ3v) is 5.12. The van der Waals surface area contributed by atoms with E-state index in [1.165, 1.54) is 12.1 Å². The van der Waals surface area contributed by atoms with Crippen molar-refractivity contribution in [3.63, 3.8) is 0 Å². The molecule has 0 saturated heterocycles. The molecule has 0 bridgehead atoms. The Morgan fingerprint density at radius 2 is 2.11 bits per heavy atom. The molecule has 0 radical (unpaired) electrons. The number of hydrogen-bond acceptors (Lipinski definition) is 4. The Bertz CT molecular complexity index is 1010. The molecule has 0 spiro atoms. The Balaban J connectivity index is 1.60. The summed E-state index contributed by atoms with van der Waals surface area (Å²) in [5.74, 6) is -1.16. The molecule has 1 saturated carbocycles. The molecule has 1 N–H and O–H groups in total. The predicted octanol–water partition coefficient (Wildman–Crippen LogP) is 3.52. The first-order chi connectivity index (χ1) is 13.5. The molecule has 4 rings (SSSR count). The number of imidazole rings is 1. The van der Waals surface area contributed by atoms with Crippen LogP contribution in [0.5, 0.6) is 5.75 Å². The second-order valence-corrected chi connectivity index (χ2v) is 7.16. The lowest BCUT2D eigenvalue weighted by Gasteiger charge is -2.37. The Morgan fingerprint density at radius 3 is 2.75 bits per heavy atom. The molecule has 3 aromatic rings. The standard InChI is InChI=1S/C21H21FN4O2/c1-25-12-19(24-13-25)21(28)26(16-3-2-4-16)11-14-7-8-23-18(9-14)15-5-6-20(27)17(22)10-15/h5-10,12-13,16,27H,2-4,11H2,1H3. The van der Waals surface area contributed by atoms with Gasteiger partial charge >= 0.3 is 0 Å². The predicted molar refractivity (Wildman–Crippen MR) is 102 cm³/mol. The van der Waals surface area contributed by atoms with Crippen molar-refractivity contribution in [1.29, 1.82) is 0 Å². The molecule has 1 fully saturated rings. The number of rotatable bonds is 5. The zero-order chi connectivity index (χ0) is 19.7. The van der Waals surface area contributed by atoms with Crippen LogP contribution in [-0.4, -0.2) is 36.5 Å². The monoisotopic (exact) mass is 380 g/mol. The minimum Gasteiger partial charge on any atom is -0.505 e. The quantitative estimate of drug-likeness (QED) is 0.735. The smallest absolute Gasteiger partial charge is 0.274 e. The van der Waals surface area contributed by atoms with Gasteiger partial charge in [-0.15, -0.1) is 0 Å². The molecule has 1 aliphatic rings. The van der Waals surface area contributed by atoms with Gasteiger partial charge in [-0.25, -0.2) is 9.37 Å². The van der Waals surface area contributed by atoms with E-state index in [4.69, 9.17) is 0 Å². The number of aromatic hydroxyl groups is 1. The summed E-state index contributed by atoms with van der Waals surface area (Å²) >= 11 is 0. The zero-order valence-electron chi connectivity index (χ0n) is 15.5. The Labute approximate surface area is 162 Å². The number of halogens is 1. The molecular formula is C21H21FN4O2. The van der Waals surface area contributed by atoms with E-state index in [2.05, 4.69) is 9.97 Å². The Kier molecular flexibility index (Phi) is 4.81. The van der Waals surface area contributed by atoms with Crippen molar-refractivity contribution < 1.29 is 14.3 Å². The molecular weight excluding hydrogens is 359 g/mol. The summed E-state index contributed by atoms with van der Waals surface area (Å²) < 4.78 is 15.5. The molecule has 0 unspecified atom stereocenters. The third kappa shape index (κ3) is 3.60. The number of nitrogens with zero attached hydrogens (tertiary/aromatic N) is 4. The SMILES string of the molecule is Cn1cnc(C(=O)N(Cc2ccnc(-c3ccc(O)c(F)c3)c2)C2CCC2)c1. The summed E-state index contributed by atoms with van der Waals surface area (Å²) in [6, 6.07) is 8.10. The molecule has 0 atom stereocenters. The van der Waals surface area contributed by atoms with E-state index in [-0.39, 0.29) is 11.9 Å². The highest BCUT2D eigenvalue weighted by Gasteiger charge is 2.30. The largest absolute Gasteiger partial charge is 0.505 e. The van der Waals surface area contributed by atoms with Crippen LogP contribution in [0.25, 0.3) is 11.3 Å². The van der Waals surface area contributed by atoms with Crippen molar-refractivity contribution in [3.05, 3.63) is 66.1 Å². The number of aryl methyl sites for hydroxylation is 1. The lowest BCUT2D eigenvalue weighted by Crippen LogP contribution is -2.43. The van der Waals surface area contributed by atoms with Gasteiger partial charge in [0.2, 0.25) is 0 Å². The average Bonchev–Trinajstić information content (AvgIpc) is 3.08. The van der Waals surface area contributed by atoms with Gasteiger partial charge in [-0.2, -0.15) is 0 Å². The molecule has 2 aromatic heterocycles. The van der Waals surface area contributed by atoms with Crippen LogP contribution in [0.2, 0.25) is 0 Å². The van der Waals surface area contributed by atoms with Crippen molar-refractivity contribution in [3.8, 4) is 17.0 Å². The summed E-state index contributed by atoms with van der Waals surface area (Å²) in [7, 11) is 1.84. The van der Waals surface area contributed by atoms with Crippen LogP contribution < -0.4 is 0 Å². The number of phenolic OH excluding ortho intramolecular Hbond substituents is 1. The van der Waals surface area contributed by atoms with Crippen LogP contribution in [0.3, 0.4) is 0 Å². The van der Waals surface area contributed by atoms with Crippen molar-refractivity contribution in [2.24, 2.45) is 7.05 Å². The van der Waals surface area contributed by atoms with Gasteiger partial charge < -0.3 is 14.6 Å². The number of hydrogen-bond donors (Lipinski definition) is 1. The van der Waals surface area contributed by atoms with Gasteiger partial charge in [0, 0.05) is 37.6 Å². The molecule has 7 heteroatoms. The fourth-order valence-electron chi connectivity index (χ4n) is 3.33. The fourth-order valence-corrected chi connectivity index (χ4v) is 3.33. The van der Waals surface area contributed by atoms with E-state index in [0.717, 1.165) is 24.8 Å². The van der Waals surface area contributed by atoms with Crippen LogP contribution in [0.15, 0.2) is 49.1 Å². The highest BCUT2D eigenvalue weighted by Crippen LogP contribution is 2.29. The van der Waals surface area contributed by atoms with E-state index in [1.807, 2.05) is 24.1 Å². The summed E-state index contributed by atoms with van der Waals surface area (Å²) in [5.41, 5.74) is 2.51. The van der Waals surface area contributed by atoms with Crippen LogP contribution in [0.1, 0.15) is 35.3 Å². The number of amides is 1. The Hall–Kier alpha value is -3.22. The van der Waals surface area contributed by atoms with Crippen molar-refractivity contribution in [2.45, 2.75) is 31.8 Å². The van der Waals surface area contributed by atoms with Crippen molar-refractivity contribution in [1.82, 2.24) is 19.4 Å². The summed E-state index contributed by atoms with van der Waals surface area (Å²) in [4.78, 5) is 23.4. The summed E-state index contributed by atoms with van der Waals surface area (Å²) in [6.07, 6.45) is 8.09. The maximum Gasteiger partial charge on any atom is 0.274 e. The average molecular weight is 380 g/mol. The van der Waals surface area contributed by atoms with Gasteiger partial charge in [0.15, 0.2) is 11.6 Å². The van der Waals surface area contributed by atoms with E-state index < -0.39 is 11.6 Å². The molecule has 0 aliphatic heterocycles. The highest BCUT2D eigenvalue weighted by molar-refractivity contribution is 5.92. The third-order valence-electron chi connectivity index (χ3n) is 5.12. The normalized spacial score (nSPS) is 13.9. The van der Waals surface area contributed by atoms with Crippen LogP contribution >= 0.6 is 0 Å². The maximum atomic E-state index is 13.7. The number of benzene rings is 1. The molecule has 28 heavy (non-hydrogen) atoms. The summed E-state index contributed by atoms with van der Waals surface area (Å²) in [6.45, 7) is 0.441. The van der Waals surface area contributed by atoms with E-state index in [0.29, 0.717) is 23.5 Å². The first kappa shape index (κ1) is 18.2. The van der Waals surface area contributed by atoms with Crippen LogP contribution in [0, 0.1) is 5.82 Å². The van der Waals surface area contributed by atoms with Gasteiger partial charge in [-0.3, -0.25) is 9.78 Å². The van der Waals surface area contributed by atoms with Crippen LogP contribution in [0.4, 0.5) is 4.39 Å². The topological polar surface area (TPSA) is 71.2 Å². The first-order valence-electron chi connectivity index (χ1n) is 9.24. The maximum absolute atomic E-state index is 13.7. The molecule has 2 heterocycles. The fraction of sp³-hybridized carbons (Fsp3) is 0.286. The molecule has 1 amide bonds. The number of pyridine rings is 1. The number of phenols is 1. The van der Waals surface area contributed by atoms with Crippen molar-refractivity contribution >= 4 is 5.91 Å². The van der Waals surface area contributed by atoms with Crippen LogP contribution in [-0.2, 0) is 13.6 Å².